The van der Waals surface area contributed by atoms with Crippen LogP contribution in [0.5, 0.6) is 0 Å². The third kappa shape index (κ3) is 5.00. The minimum absolute atomic E-state index is 0.156. The van der Waals surface area contributed by atoms with E-state index in [4.69, 9.17) is 0 Å². The number of carbonyl (C=O) groups excluding carboxylic acids is 3. The molecule has 27 heavy (non-hydrogen) atoms. The highest BCUT2D eigenvalue weighted by molar-refractivity contribution is 5.90. The summed E-state index contributed by atoms with van der Waals surface area (Å²) in [6.45, 7) is 0.548. The number of hydrogen-bond donors (Lipinski definition) is 1. The van der Waals surface area contributed by atoms with Gasteiger partial charge in [-0.2, -0.15) is 0 Å². The van der Waals surface area contributed by atoms with Crippen LogP contribution in [0.25, 0.3) is 0 Å². The van der Waals surface area contributed by atoms with Crippen LogP contribution in [0, 0.1) is 0 Å². The first-order valence-corrected chi connectivity index (χ1v) is 9.15. The van der Waals surface area contributed by atoms with E-state index in [2.05, 4.69) is 10.3 Å². The number of aldehydes is 1. The Morgan fingerprint density at radius 1 is 1.19 bits per heavy atom. The molecule has 1 aliphatic rings. The lowest BCUT2D eigenvalue weighted by Crippen LogP contribution is -2.51. The molecule has 1 saturated heterocycles. The fraction of sp³-hybridized carbons (Fsp3) is 0.333. The van der Waals surface area contributed by atoms with Gasteiger partial charge in [-0.3, -0.25) is 14.6 Å². The zero-order valence-corrected chi connectivity index (χ0v) is 15.1. The third-order valence-corrected chi connectivity index (χ3v) is 4.74. The second-order valence-corrected chi connectivity index (χ2v) is 6.73. The van der Waals surface area contributed by atoms with Crippen molar-refractivity contribution < 1.29 is 14.4 Å². The summed E-state index contributed by atoms with van der Waals surface area (Å²) >= 11 is 0. The molecule has 0 saturated carbocycles. The Morgan fingerprint density at radius 3 is 2.67 bits per heavy atom. The Hall–Kier alpha value is -3.02. The highest BCUT2D eigenvalue weighted by Gasteiger charge is 2.33. The Bertz CT molecular complexity index is 780. The van der Waals surface area contributed by atoms with Gasteiger partial charge in [0.1, 0.15) is 12.3 Å². The van der Waals surface area contributed by atoms with E-state index >= 15 is 0 Å². The van der Waals surface area contributed by atoms with E-state index in [-0.39, 0.29) is 18.2 Å². The van der Waals surface area contributed by atoms with Gasteiger partial charge in [0.05, 0.1) is 12.5 Å². The molecule has 0 bridgehead atoms. The van der Waals surface area contributed by atoms with Gasteiger partial charge in [0.25, 0.3) is 0 Å². The molecule has 0 unspecified atom stereocenters. The number of rotatable bonds is 7. The Labute approximate surface area is 158 Å². The summed E-state index contributed by atoms with van der Waals surface area (Å²) in [5.74, 6) is -0.438. The predicted molar refractivity (Wildman–Crippen MR) is 101 cm³/mol. The maximum Gasteiger partial charge on any atom is 0.246 e. The van der Waals surface area contributed by atoms with E-state index in [0.29, 0.717) is 19.4 Å². The monoisotopic (exact) mass is 365 g/mol. The molecule has 1 N–H and O–H groups in total. The van der Waals surface area contributed by atoms with Crippen LogP contribution in [0.1, 0.15) is 24.0 Å². The third-order valence-electron chi connectivity index (χ3n) is 4.74. The average molecular weight is 365 g/mol. The Balaban J connectivity index is 1.73. The molecule has 2 heterocycles. The highest BCUT2D eigenvalue weighted by Crippen LogP contribution is 2.18. The molecule has 0 spiro atoms. The van der Waals surface area contributed by atoms with Crippen LogP contribution in [-0.4, -0.2) is 46.6 Å². The van der Waals surface area contributed by atoms with Gasteiger partial charge in [-0.15, -0.1) is 0 Å². The molecule has 6 heteroatoms. The Kier molecular flexibility index (Phi) is 6.30. The topological polar surface area (TPSA) is 79.4 Å². The standard InChI is InChI=1S/C21H23N3O3/c25-15-18-9-5-11-24(18)21(27)19(12-16-6-2-1-3-7-16)23-20(26)13-17-8-4-10-22-14-17/h1-4,6-8,10,14-15,18-19H,5,9,11-13H2,(H,23,26)/t18-,19+/m0/s1. The number of benzene rings is 1. The molecule has 2 atom stereocenters. The first-order valence-electron chi connectivity index (χ1n) is 9.15. The van der Waals surface area contributed by atoms with E-state index in [1.54, 1.807) is 23.4 Å². The largest absolute Gasteiger partial charge is 0.344 e. The molecule has 3 rings (SSSR count). The lowest BCUT2D eigenvalue weighted by atomic mass is 10.0. The SMILES string of the molecule is O=C[C@@H]1CCCN1C(=O)[C@@H](Cc1ccccc1)NC(=O)Cc1cccnc1. The van der Waals surface area contributed by atoms with Crippen molar-refractivity contribution in [1.82, 2.24) is 15.2 Å². The van der Waals surface area contributed by atoms with E-state index in [9.17, 15) is 14.4 Å². The van der Waals surface area contributed by atoms with Gasteiger partial charge in [-0.1, -0.05) is 36.4 Å². The van der Waals surface area contributed by atoms with Crippen LogP contribution < -0.4 is 5.32 Å². The van der Waals surface area contributed by atoms with Crippen LogP contribution in [0.2, 0.25) is 0 Å². The van der Waals surface area contributed by atoms with Gasteiger partial charge >= 0.3 is 0 Å². The maximum absolute atomic E-state index is 13.0. The van der Waals surface area contributed by atoms with Crippen LogP contribution in [0.15, 0.2) is 54.9 Å². The van der Waals surface area contributed by atoms with E-state index in [0.717, 1.165) is 23.8 Å². The second-order valence-electron chi connectivity index (χ2n) is 6.73. The fourth-order valence-corrected chi connectivity index (χ4v) is 3.39. The average Bonchev–Trinajstić information content (AvgIpc) is 3.17. The number of carbonyl (C=O) groups is 3. The molecule has 0 aliphatic carbocycles. The molecule has 6 nitrogen and oxygen atoms in total. The van der Waals surface area contributed by atoms with Crippen molar-refractivity contribution in [2.24, 2.45) is 0 Å². The number of nitrogens with one attached hydrogen (secondary N) is 1. The molecule has 2 amide bonds. The number of aromatic nitrogens is 1. The smallest absolute Gasteiger partial charge is 0.246 e. The molecule has 1 aliphatic heterocycles. The summed E-state index contributed by atoms with van der Waals surface area (Å²) in [5.41, 5.74) is 1.74. The molecule has 2 aromatic rings. The summed E-state index contributed by atoms with van der Waals surface area (Å²) < 4.78 is 0. The van der Waals surface area contributed by atoms with Crippen molar-refractivity contribution in [1.29, 1.82) is 0 Å². The molecular weight excluding hydrogens is 342 g/mol. The van der Waals surface area contributed by atoms with E-state index in [1.165, 1.54) is 0 Å². The number of nitrogens with zero attached hydrogens (tertiary/aromatic N) is 2. The van der Waals surface area contributed by atoms with Crippen molar-refractivity contribution in [2.45, 2.75) is 37.8 Å². The van der Waals surface area contributed by atoms with E-state index in [1.807, 2.05) is 36.4 Å². The van der Waals surface area contributed by atoms with Crippen molar-refractivity contribution in [3.05, 3.63) is 66.0 Å². The number of likely N-dealkylation sites (tertiary alicyclic amines) is 1. The van der Waals surface area contributed by atoms with E-state index < -0.39 is 12.1 Å². The van der Waals surface area contributed by atoms with Crippen molar-refractivity contribution in [3.63, 3.8) is 0 Å². The molecule has 1 aromatic carbocycles. The van der Waals surface area contributed by atoms with Gasteiger partial charge < -0.3 is 15.0 Å². The minimum Gasteiger partial charge on any atom is -0.344 e. The summed E-state index contributed by atoms with van der Waals surface area (Å²) in [7, 11) is 0. The number of amides is 2. The fourth-order valence-electron chi connectivity index (χ4n) is 3.39. The molecular formula is C21H23N3O3. The maximum atomic E-state index is 13.0. The number of pyridine rings is 1. The molecule has 1 aromatic heterocycles. The van der Waals surface area contributed by atoms with Gasteiger partial charge in [0.2, 0.25) is 11.8 Å². The summed E-state index contributed by atoms with van der Waals surface area (Å²) in [6, 6.07) is 12.1. The summed E-state index contributed by atoms with van der Waals surface area (Å²) in [4.78, 5) is 42.4. The van der Waals surface area contributed by atoms with Crippen molar-refractivity contribution in [2.75, 3.05) is 6.54 Å². The second kappa shape index (κ2) is 9.07. The molecule has 140 valence electrons. The highest BCUT2D eigenvalue weighted by atomic mass is 16.2. The lowest BCUT2D eigenvalue weighted by molar-refractivity contribution is -0.138. The lowest BCUT2D eigenvalue weighted by Gasteiger charge is -2.27. The van der Waals surface area contributed by atoms with Crippen LogP contribution in [0.3, 0.4) is 0 Å². The normalized spacial score (nSPS) is 17.3. The first-order chi connectivity index (χ1) is 13.2. The molecule has 1 fully saturated rings. The zero-order valence-electron chi connectivity index (χ0n) is 15.1. The van der Waals surface area contributed by atoms with Crippen LogP contribution in [0.4, 0.5) is 0 Å². The van der Waals surface area contributed by atoms with Gasteiger partial charge in [-0.25, -0.2) is 0 Å². The zero-order chi connectivity index (χ0) is 19.1. The van der Waals surface area contributed by atoms with Gasteiger partial charge in [-0.05, 0) is 30.0 Å². The summed E-state index contributed by atoms with van der Waals surface area (Å²) in [6.07, 6.45) is 6.13. The quantitative estimate of drug-likeness (QED) is 0.755. The Morgan fingerprint density at radius 2 is 1.96 bits per heavy atom. The van der Waals surface area contributed by atoms with Gasteiger partial charge in [0.15, 0.2) is 0 Å². The first kappa shape index (κ1) is 18.8. The van der Waals surface area contributed by atoms with Crippen molar-refractivity contribution in [3.8, 4) is 0 Å². The van der Waals surface area contributed by atoms with Crippen LogP contribution in [-0.2, 0) is 27.2 Å². The molecule has 0 radical (unpaired) electrons. The van der Waals surface area contributed by atoms with Gasteiger partial charge in [0, 0.05) is 25.4 Å². The van der Waals surface area contributed by atoms with Crippen molar-refractivity contribution >= 4 is 18.1 Å². The minimum atomic E-state index is -0.697. The summed E-state index contributed by atoms with van der Waals surface area (Å²) in [5, 5.41) is 2.86. The van der Waals surface area contributed by atoms with Crippen LogP contribution >= 0.6 is 0 Å². The number of hydrogen-bond acceptors (Lipinski definition) is 4. The predicted octanol–water partition coefficient (Wildman–Crippen LogP) is 1.54.